The van der Waals surface area contributed by atoms with E-state index in [2.05, 4.69) is 20.2 Å². The lowest BCUT2D eigenvalue weighted by atomic mass is 10.1. The number of carbonyl (C=O) groups is 1. The topological polar surface area (TPSA) is 119 Å². The lowest BCUT2D eigenvalue weighted by Crippen LogP contribution is -2.19. The third-order valence-corrected chi connectivity index (χ3v) is 5.66. The second kappa shape index (κ2) is 8.06. The van der Waals surface area contributed by atoms with Crippen LogP contribution in [0, 0.1) is 5.82 Å². The number of hydrogen-bond acceptors (Lipinski definition) is 5. The Kier molecular flexibility index (Phi) is 5.55. The number of hydrogen-bond donors (Lipinski definition) is 2. The van der Waals surface area contributed by atoms with Gasteiger partial charge in [0.2, 0.25) is 5.95 Å². The molecular weight excluding hydrogens is 459 g/mol. The van der Waals surface area contributed by atoms with E-state index in [4.69, 9.17) is 16.7 Å². The first-order chi connectivity index (χ1) is 14.8. The zero-order valence-electron chi connectivity index (χ0n) is 16.7. The van der Waals surface area contributed by atoms with E-state index in [0.717, 1.165) is 12.8 Å². The minimum Gasteiger partial charge on any atom is -0.478 e. The van der Waals surface area contributed by atoms with Crippen LogP contribution in [0.5, 0.6) is 0 Å². The summed E-state index contributed by atoms with van der Waals surface area (Å²) < 4.78 is 16.4. The molecule has 0 saturated heterocycles. The van der Waals surface area contributed by atoms with E-state index in [-0.39, 0.29) is 41.5 Å². The van der Waals surface area contributed by atoms with Crippen LogP contribution in [-0.2, 0) is 0 Å². The lowest BCUT2D eigenvalue weighted by Gasteiger charge is -2.14. The van der Waals surface area contributed by atoms with Crippen LogP contribution in [0.2, 0.25) is 5.02 Å². The van der Waals surface area contributed by atoms with Crippen molar-refractivity contribution in [2.45, 2.75) is 31.7 Å². The summed E-state index contributed by atoms with van der Waals surface area (Å²) in [5.74, 6) is -1.36. The van der Waals surface area contributed by atoms with Crippen molar-refractivity contribution in [3.63, 3.8) is 0 Å². The summed E-state index contributed by atoms with van der Waals surface area (Å²) in [6.07, 6.45) is 4.34. The van der Waals surface area contributed by atoms with Crippen LogP contribution in [0.25, 0.3) is 17.0 Å². The molecule has 3 heterocycles. The fraction of sp³-hybridized carbons (Fsp3) is 0.250. The molecule has 1 fully saturated rings. The highest BCUT2D eigenvalue weighted by molar-refractivity contribution is 7.59. The first-order valence-electron chi connectivity index (χ1n) is 9.59. The molecule has 1 aliphatic rings. The molecule has 166 valence electrons. The van der Waals surface area contributed by atoms with Gasteiger partial charge in [0.25, 0.3) is 5.56 Å². The number of aromatic nitrogens is 6. The van der Waals surface area contributed by atoms with Gasteiger partial charge in [0, 0.05) is 12.1 Å². The smallest absolute Gasteiger partial charge is 0.338 e. The minimum atomic E-state index is -1.13. The average Bonchev–Trinajstić information content (AvgIpc) is 3.31. The fourth-order valence-electron chi connectivity index (χ4n) is 3.54. The van der Waals surface area contributed by atoms with Crippen molar-refractivity contribution in [1.82, 2.24) is 29.5 Å². The van der Waals surface area contributed by atoms with Gasteiger partial charge in [-0.25, -0.2) is 18.9 Å². The standard InChI is InChI=1S/C20H16ClFN6O3.H2S/c1-9(11-4-5-14(22)13(21)6-11)28-17-16(15(26-28)10-2-3-10)24-20(25-18(17)29)27-8-12(7-23-27)19(30)31;/h4-10H,2-3H2,1H3,(H,30,31)(H,24,25,29);1H2/t9-;/m0./s1. The minimum absolute atomic E-state index is 0. The monoisotopic (exact) mass is 476 g/mol. The summed E-state index contributed by atoms with van der Waals surface area (Å²) in [5, 5.41) is 17.8. The van der Waals surface area contributed by atoms with Crippen molar-refractivity contribution >= 4 is 42.1 Å². The summed E-state index contributed by atoms with van der Waals surface area (Å²) in [4.78, 5) is 31.4. The molecule has 0 amide bonds. The van der Waals surface area contributed by atoms with Crippen molar-refractivity contribution in [1.29, 1.82) is 0 Å². The number of aromatic carboxylic acids is 1. The maximum atomic E-state index is 13.6. The van der Waals surface area contributed by atoms with Crippen LogP contribution < -0.4 is 5.56 Å². The summed E-state index contributed by atoms with van der Waals surface area (Å²) in [6.45, 7) is 1.84. The van der Waals surface area contributed by atoms with Crippen LogP contribution in [-0.4, -0.2) is 40.6 Å². The van der Waals surface area contributed by atoms with Crippen molar-refractivity contribution in [3.05, 3.63) is 68.6 Å². The Morgan fingerprint density at radius 3 is 2.75 bits per heavy atom. The number of benzene rings is 1. The van der Waals surface area contributed by atoms with E-state index < -0.39 is 23.4 Å². The highest BCUT2D eigenvalue weighted by Crippen LogP contribution is 2.42. The van der Waals surface area contributed by atoms with Gasteiger partial charge in [0.1, 0.15) is 11.3 Å². The first-order valence-corrected chi connectivity index (χ1v) is 9.97. The molecule has 1 aliphatic carbocycles. The van der Waals surface area contributed by atoms with E-state index in [0.29, 0.717) is 16.8 Å². The van der Waals surface area contributed by atoms with Crippen molar-refractivity contribution in [2.24, 2.45) is 0 Å². The lowest BCUT2D eigenvalue weighted by molar-refractivity contribution is 0.0697. The second-order valence-electron chi connectivity index (χ2n) is 7.52. The summed E-state index contributed by atoms with van der Waals surface area (Å²) in [6, 6.07) is 3.99. The van der Waals surface area contributed by atoms with E-state index in [9.17, 15) is 14.0 Å². The highest BCUT2D eigenvalue weighted by Gasteiger charge is 2.32. The Bertz CT molecular complexity index is 1410. The first kappa shape index (κ1) is 22.0. The third kappa shape index (κ3) is 3.67. The zero-order valence-corrected chi connectivity index (χ0v) is 18.5. The molecular formula is C20H18ClFN6O3S. The number of aromatic amines is 1. The summed E-state index contributed by atoms with van der Waals surface area (Å²) >= 11 is 5.94. The SMILES string of the molecule is C[C@@H](c1ccc(F)c(Cl)c1)n1nc(C2CC2)c2nc(-n3cc(C(=O)O)cn3)[nH]c(=O)c21.S. The number of H-pyrrole nitrogens is 1. The van der Waals surface area contributed by atoms with E-state index in [1.807, 2.05) is 6.92 Å². The Hall–Kier alpha value is -3.18. The number of rotatable bonds is 5. The van der Waals surface area contributed by atoms with Crippen LogP contribution in [0.4, 0.5) is 4.39 Å². The molecule has 1 atom stereocenters. The van der Waals surface area contributed by atoms with Gasteiger partial charge in [-0.1, -0.05) is 17.7 Å². The van der Waals surface area contributed by atoms with Crippen molar-refractivity contribution < 1.29 is 14.3 Å². The molecule has 1 aromatic carbocycles. The number of halogens is 2. The zero-order chi connectivity index (χ0) is 21.9. The Morgan fingerprint density at radius 2 is 2.12 bits per heavy atom. The molecule has 3 aromatic heterocycles. The van der Waals surface area contributed by atoms with Crippen LogP contribution >= 0.6 is 25.1 Å². The van der Waals surface area contributed by atoms with Crippen LogP contribution in [0.1, 0.15) is 53.3 Å². The molecule has 4 aromatic rings. The molecule has 32 heavy (non-hydrogen) atoms. The summed E-state index contributed by atoms with van der Waals surface area (Å²) in [7, 11) is 0. The molecule has 0 bridgehead atoms. The second-order valence-corrected chi connectivity index (χ2v) is 7.93. The Balaban J connectivity index is 0.00000245. The van der Waals surface area contributed by atoms with Gasteiger partial charge in [0.15, 0.2) is 5.52 Å². The van der Waals surface area contributed by atoms with Gasteiger partial charge in [-0.15, -0.1) is 0 Å². The van der Waals surface area contributed by atoms with Gasteiger partial charge in [-0.05, 0) is 37.5 Å². The van der Waals surface area contributed by atoms with Gasteiger partial charge in [-0.3, -0.25) is 14.5 Å². The quantitative estimate of drug-likeness (QED) is 0.455. The molecule has 0 aliphatic heterocycles. The van der Waals surface area contributed by atoms with Gasteiger partial charge < -0.3 is 5.11 Å². The average molecular weight is 477 g/mol. The van der Waals surface area contributed by atoms with Gasteiger partial charge in [-0.2, -0.15) is 23.7 Å². The highest BCUT2D eigenvalue weighted by atomic mass is 35.5. The van der Waals surface area contributed by atoms with E-state index in [1.165, 1.54) is 29.2 Å². The van der Waals surface area contributed by atoms with E-state index >= 15 is 0 Å². The van der Waals surface area contributed by atoms with Gasteiger partial charge in [0.05, 0.1) is 28.5 Å². The van der Waals surface area contributed by atoms with Crippen LogP contribution in [0.3, 0.4) is 0 Å². The van der Waals surface area contributed by atoms with Crippen molar-refractivity contribution in [2.75, 3.05) is 0 Å². The number of nitrogens with zero attached hydrogens (tertiary/aromatic N) is 5. The fourth-order valence-corrected chi connectivity index (χ4v) is 3.73. The molecule has 0 unspecified atom stereocenters. The molecule has 9 nitrogen and oxygen atoms in total. The van der Waals surface area contributed by atoms with Crippen LogP contribution in [0.15, 0.2) is 35.4 Å². The molecule has 0 spiro atoms. The normalized spacial score (nSPS) is 14.3. The molecule has 1 saturated carbocycles. The number of fused-ring (bicyclic) bond motifs is 1. The Morgan fingerprint density at radius 1 is 1.38 bits per heavy atom. The number of nitrogens with one attached hydrogen (secondary N) is 1. The number of carboxylic acid groups (broad SMARTS) is 1. The van der Waals surface area contributed by atoms with Gasteiger partial charge >= 0.3 is 5.97 Å². The van der Waals surface area contributed by atoms with E-state index in [1.54, 1.807) is 10.7 Å². The third-order valence-electron chi connectivity index (χ3n) is 5.37. The Labute approximate surface area is 192 Å². The largest absolute Gasteiger partial charge is 0.478 e. The maximum Gasteiger partial charge on any atom is 0.338 e. The predicted molar refractivity (Wildman–Crippen MR) is 120 cm³/mol. The number of carboxylic acids is 1. The molecule has 2 N–H and O–H groups in total. The van der Waals surface area contributed by atoms with Crippen molar-refractivity contribution in [3.8, 4) is 5.95 Å². The molecule has 0 radical (unpaired) electrons. The maximum absolute atomic E-state index is 13.6. The molecule has 12 heteroatoms. The molecule has 5 rings (SSSR count). The predicted octanol–water partition coefficient (Wildman–Crippen LogP) is 3.40. The summed E-state index contributed by atoms with van der Waals surface area (Å²) in [5.41, 5.74) is 1.65.